The van der Waals surface area contributed by atoms with Crippen LogP contribution in [0.3, 0.4) is 0 Å². The van der Waals surface area contributed by atoms with Gasteiger partial charge in [-0.25, -0.2) is 10.5 Å². The molecule has 0 atom stereocenters. The van der Waals surface area contributed by atoms with Gasteiger partial charge in [0.2, 0.25) is 0 Å². The molecule has 1 rings (SSSR count). The summed E-state index contributed by atoms with van der Waals surface area (Å²) in [6.45, 7) is -0.200. The standard InChI is InChI=1S/C8H12F3N3O/c9-8(10,11)6-15-13-2-1-4-14-5-3-12-7-14/h3,5,7,13H,1-2,4,6H2. The number of hydrogen-bond donors (Lipinski definition) is 1. The highest BCUT2D eigenvalue weighted by Gasteiger charge is 2.27. The number of alkyl halides is 3. The van der Waals surface area contributed by atoms with Crippen LogP contribution < -0.4 is 5.48 Å². The van der Waals surface area contributed by atoms with Crippen molar-refractivity contribution in [2.45, 2.75) is 19.1 Å². The van der Waals surface area contributed by atoms with E-state index in [0.717, 1.165) is 0 Å². The molecule has 1 N–H and O–H groups in total. The molecule has 1 aromatic heterocycles. The highest BCUT2D eigenvalue weighted by atomic mass is 19.4. The number of imidazole rings is 1. The largest absolute Gasteiger partial charge is 0.413 e. The van der Waals surface area contributed by atoms with E-state index in [-0.39, 0.29) is 0 Å². The first-order valence-electron chi connectivity index (χ1n) is 4.45. The van der Waals surface area contributed by atoms with Gasteiger partial charge < -0.3 is 4.57 Å². The molecule has 0 fully saturated rings. The molecule has 0 bridgehead atoms. The lowest BCUT2D eigenvalue weighted by Gasteiger charge is -2.08. The second kappa shape index (κ2) is 5.72. The van der Waals surface area contributed by atoms with Crippen LogP contribution in [-0.4, -0.2) is 28.9 Å². The molecule has 0 aromatic carbocycles. The molecule has 4 nitrogen and oxygen atoms in total. The van der Waals surface area contributed by atoms with Gasteiger partial charge in [0, 0.05) is 25.5 Å². The van der Waals surface area contributed by atoms with Gasteiger partial charge >= 0.3 is 6.18 Å². The fraction of sp³-hybridized carbons (Fsp3) is 0.625. The van der Waals surface area contributed by atoms with Crippen LogP contribution in [0.1, 0.15) is 6.42 Å². The molecule has 0 amide bonds. The molecule has 0 saturated carbocycles. The van der Waals surface area contributed by atoms with E-state index in [1.807, 2.05) is 4.57 Å². The van der Waals surface area contributed by atoms with Crippen LogP contribution >= 0.6 is 0 Å². The predicted octanol–water partition coefficient (Wildman–Crippen LogP) is 1.36. The molecule has 0 aliphatic carbocycles. The summed E-state index contributed by atoms with van der Waals surface area (Å²) in [6, 6.07) is 0. The molecule has 0 radical (unpaired) electrons. The van der Waals surface area contributed by atoms with Gasteiger partial charge in [0.15, 0.2) is 6.61 Å². The summed E-state index contributed by atoms with van der Waals surface area (Å²) in [4.78, 5) is 8.05. The number of halogens is 3. The van der Waals surface area contributed by atoms with Crippen LogP contribution in [0.4, 0.5) is 13.2 Å². The minimum Gasteiger partial charge on any atom is -0.337 e. The molecule has 1 aromatic rings. The van der Waals surface area contributed by atoms with Crippen molar-refractivity contribution >= 4 is 0 Å². The normalized spacial score (nSPS) is 11.9. The SMILES string of the molecule is FC(F)(F)CONCCCn1ccnc1. The Labute approximate surface area is 85.0 Å². The van der Waals surface area contributed by atoms with E-state index in [9.17, 15) is 13.2 Å². The second-order valence-electron chi connectivity index (χ2n) is 2.95. The van der Waals surface area contributed by atoms with E-state index in [0.29, 0.717) is 19.5 Å². The summed E-state index contributed by atoms with van der Waals surface area (Å²) in [5.41, 5.74) is 2.25. The zero-order valence-corrected chi connectivity index (χ0v) is 8.00. The molecule has 86 valence electrons. The average molecular weight is 223 g/mol. The van der Waals surface area contributed by atoms with Crippen LogP contribution in [0.25, 0.3) is 0 Å². The van der Waals surface area contributed by atoms with Crippen molar-refractivity contribution in [3.05, 3.63) is 18.7 Å². The first-order chi connectivity index (χ1) is 7.08. The highest BCUT2D eigenvalue weighted by molar-refractivity contribution is 4.73. The van der Waals surface area contributed by atoms with E-state index < -0.39 is 12.8 Å². The lowest BCUT2D eigenvalue weighted by atomic mass is 10.4. The summed E-state index contributed by atoms with van der Waals surface area (Å²) >= 11 is 0. The van der Waals surface area contributed by atoms with Crippen LogP contribution in [0.2, 0.25) is 0 Å². The molecule has 0 aliphatic rings. The molecule has 0 aliphatic heterocycles. The quantitative estimate of drug-likeness (QED) is 0.584. The first-order valence-corrected chi connectivity index (χ1v) is 4.45. The Kier molecular flexibility index (Phi) is 4.57. The van der Waals surface area contributed by atoms with Crippen molar-refractivity contribution in [3.63, 3.8) is 0 Å². The molecule has 0 unspecified atom stereocenters. The monoisotopic (exact) mass is 223 g/mol. The third-order valence-electron chi connectivity index (χ3n) is 1.59. The van der Waals surface area contributed by atoms with E-state index in [2.05, 4.69) is 15.3 Å². The van der Waals surface area contributed by atoms with Gasteiger partial charge in [-0.05, 0) is 6.42 Å². The Morgan fingerprint density at radius 1 is 1.40 bits per heavy atom. The number of nitrogens with one attached hydrogen (secondary N) is 1. The van der Waals surface area contributed by atoms with Gasteiger partial charge in [-0.2, -0.15) is 13.2 Å². The number of aromatic nitrogens is 2. The van der Waals surface area contributed by atoms with Gasteiger partial charge in [-0.15, -0.1) is 0 Å². The van der Waals surface area contributed by atoms with Gasteiger partial charge in [-0.3, -0.25) is 4.84 Å². The van der Waals surface area contributed by atoms with Gasteiger partial charge in [-0.1, -0.05) is 0 Å². The lowest BCUT2D eigenvalue weighted by molar-refractivity contribution is -0.189. The average Bonchev–Trinajstić information content (AvgIpc) is 2.61. The van der Waals surface area contributed by atoms with E-state index in [1.165, 1.54) is 0 Å². The number of nitrogens with zero attached hydrogens (tertiary/aromatic N) is 2. The van der Waals surface area contributed by atoms with E-state index in [1.54, 1.807) is 18.7 Å². The van der Waals surface area contributed by atoms with Crippen molar-refractivity contribution in [1.29, 1.82) is 0 Å². The van der Waals surface area contributed by atoms with Crippen molar-refractivity contribution < 1.29 is 18.0 Å². The Morgan fingerprint density at radius 3 is 2.80 bits per heavy atom. The number of hydrogen-bond acceptors (Lipinski definition) is 3. The van der Waals surface area contributed by atoms with Crippen molar-refractivity contribution in [1.82, 2.24) is 15.0 Å². The molecule has 0 saturated heterocycles. The Hall–Kier alpha value is -1.08. The van der Waals surface area contributed by atoms with E-state index in [4.69, 9.17) is 0 Å². The third kappa shape index (κ3) is 6.08. The Morgan fingerprint density at radius 2 is 2.20 bits per heavy atom. The second-order valence-corrected chi connectivity index (χ2v) is 2.95. The summed E-state index contributed by atoms with van der Waals surface area (Å²) < 4.78 is 36.7. The predicted molar refractivity (Wildman–Crippen MR) is 46.9 cm³/mol. The molecule has 0 spiro atoms. The zero-order valence-electron chi connectivity index (χ0n) is 8.00. The molecular weight excluding hydrogens is 211 g/mol. The smallest absolute Gasteiger partial charge is 0.337 e. The van der Waals surface area contributed by atoms with Gasteiger partial charge in [0.25, 0.3) is 0 Å². The highest BCUT2D eigenvalue weighted by Crippen LogP contribution is 2.13. The summed E-state index contributed by atoms with van der Waals surface area (Å²) in [5, 5.41) is 0. The fourth-order valence-electron chi connectivity index (χ4n) is 0.958. The maximum Gasteiger partial charge on any atom is 0.413 e. The maximum absolute atomic E-state index is 11.6. The minimum atomic E-state index is -4.28. The number of rotatable bonds is 6. The Balaban J connectivity index is 1.94. The zero-order chi connectivity index (χ0) is 11.1. The molecular formula is C8H12F3N3O. The van der Waals surface area contributed by atoms with Crippen molar-refractivity contribution in [2.24, 2.45) is 0 Å². The molecule has 1 heterocycles. The first kappa shape index (κ1) is 12.0. The van der Waals surface area contributed by atoms with Gasteiger partial charge in [0.05, 0.1) is 6.33 Å². The third-order valence-corrected chi connectivity index (χ3v) is 1.59. The Bertz CT molecular complexity index is 261. The number of aryl methyl sites for hydroxylation is 1. The van der Waals surface area contributed by atoms with Crippen LogP contribution in [-0.2, 0) is 11.4 Å². The van der Waals surface area contributed by atoms with Crippen LogP contribution in [0.15, 0.2) is 18.7 Å². The number of hydroxylamine groups is 1. The summed E-state index contributed by atoms with van der Waals surface area (Å²) in [7, 11) is 0. The summed E-state index contributed by atoms with van der Waals surface area (Å²) in [6.07, 6.45) is 1.48. The topological polar surface area (TPSA) is 39.1 Å². The molecule has 15 heavy (non-hydrogen) atoms. The lowest BCUT2D eigenvalue weighted by Crippen LogP contribution is -2.25. The van der Waals surface area contributed by atoms with E-state index >= 15 is 0 Å². The van der Waals surface area contributed by atoms with Crippen molar-refractivity contribution in [3.8, 4) is 0 Å². The fourth-order valence-corrected chi connectivity index (χ4v) is 0.958. The van der Waals surface area contributed by atoms with Crippen LogP contribution in [0, 0.1) is 0 Å². The maximum atomic E-state index is 11.6. The summed E-state index contributed by atoms with van der Waals surface area (Å²) in [5.74, 6) is 0. The van der Waals surface area contributed by atoms with Gasteiger partial charge in [0.1, 0.15) is 0 Å². The molecule has 7 heteroatoms. The minimum absolute atomic E-state index is 0.369. The van der Waals surface area contributed by atoms with Crippen molar-refractivity contribution in [2.75, 3.05) is 13.2 Å². The van der Waals surface area contributed by atoms with Crippen LogP contribution in [0.5, 0.6) is 0 Å².